The molecule has 0 aromatic heterocycles. The lowest BCUT2D eigenvalue weighted by Gasteiger charge is -2.42. The monoisotopic (exact) mass is 356 g/mol. The van der Waals surface area contributed by atoms with E-state index in [1.54, 1.807) is 11.8 Å². The zero-order valence-electron chi connectivity index (χ0n) is 13.8. The van der Waals surface area contributed by atoms with Crippen LogP contribution in [-0.2, 0) is 9.53 Å². The number of halogens is 1. The quantitative estimate of drug-likeness (QED) is 0.762. The van der Waals surface area contributed by atoms with E-state index in [0.717, 1.165) is 41.7 Å². The van der Waals surface area contributed by atoms with Crippen LogP contribution in [0.2, 0.25) is 5.02 Å². The van der Waals surface area contributed by atoms with E-state index in [1.807, 2.05) is 24.3 Å². The number of amides is 1. The summed E-state index contributed by atoms with van der Waals surface area (Å²) < 4.78 is 5.45. The average molecular weight is 357 g/mol. The fraction of sp³-hybridized carbons (Fsp3) is 0.588. The van der Waals surface area contributed by atoms with Crippen molar-refractivity contribution < 1.29 is 9.53 Å². The van der Waals surface area contributed by atoms with Gasteiger partial charge in [-0.2, -0.15) is 0 Å². The van der Waals surface area contributed by atoms with Gasteiger partial charge < -0.3 is 15.0 Å². The number of likely N-dealkylation sites (N-methyl/N-ethyl adjacent to an activating group) is 1. The molecule has 1 N–H and O–H groups in total. The molecule has 0 saturated carbocycles. The first-order chi connectivity index (χ1) is 11.0. The third-order valence-corrected chi connectivity index (χ3v) is 5.93. The number of carbonyl (C=O) groups excluding carboxylic acids is 1. The van der Waals surface area contributed by atoms with Gasteiger partial charge in [0.2, 0.25) is 5.91 Å². The molecule has 0 unspecified atom stereocenters. The highest BCUT2D eigenvalue weighted by molar-refractivity contribution is 7.99. The van der Waals surface area contributed by atoms with Gasteiger partial charge in [0, 0.05) is 42.4 Å². The third-order valence-electron chi connectivity index (χ3n) is 4.41. The Kier molecular flexibility index (Phi) is 7.21. The van der Waals surface area contributed by atoms with Gasteiger partial charge in [-0.15, -0.1) is 11.8 Å². The highest BCUT2D eigenvalue weighted by atomic mass is 35.5. The minimum atomic E-state index is 0.0176. The van der Waals surface area contributed by atoms with Gasteiger partial charge in [-0.3, -0.25) is 4.79 Å². The van der Waals surface area contributed by atoms with E-state index in [0.29, 0.717) is 13.0 Å². The highest BCUT2D eigenvalue weighted by Gasteiger charge is 2.34. The molecule has 1 saturated heterocycles. The van der Waals surface area contributed by atoms with Crippen LogP contribution >= 0.6 is 23.4 Å². The topological polar surface area (TPSA) is 41.6 Å². The van der Waals surface area contributed by atoms with Crippen LogP contribution in [0.5, 0.6) is 0 Å². The second kappa shape index (κ2) is 8.92. The van der Waals surface area contributed by atoms with Crippen molar-refractivity contribution in [3.63, 3.8) is 0 Å². The van der Waals surface area contributed by atoms with Crippen LogP contribution in [0.15, 0.2) is 29.2 Å². The second-order valence-corrected chi connectivity index (χ2v) is 7.58. The van der Waals surface area contributed by atoms with Crippen LogP contribution in [0.3, 0.4) is 0 Å². The Bertz CT molecular complexity index is 519. The summed E-state index contributed by atoms with van der Waals surface area (Å²) in [5, 5.41) is 3.84. The second-order valence-electron chi connectivity index (χ2n) is 6.04. The van der Waals surface area contributed by atoms with Gasteiger partial charge in [0.25, 0.3) is 0 Å². The minimum absolute atomic E-state index is 0.0176. The van der Waals surface area contributed by atoms with Crippen molar-refractivity contribution >= 4 is 29.3 Å². The first-order valence-corrected chi connectivity index (χ1v) is 9.29. The molecule has 128 valence electrons. The van der Waals surface area contributed by atoms with Crippen molar-refractivity contribution in [3.8, 4) is 0 Å². The molecule has 0 spiro atoms. The van der Waals surface area contributed by atoms with Crippen LogP contribution in [0.25, 0.3) is 0 Å². The molecule has 0 radical (unpaired) electrons. The standard InChI is InChI=1S/C17H25ClN2O2S/c1-20(2)17(8-10-22-11-9-17)13-19-16(21)7-12-23-15-6-4-3-5-14(15)18/h3-6H,7-13H2,1-2H3,(H,19,21). The molecule has 0 atom stereocenters. The summed E-state index contributed by atoms with van der Waals surface area (Å²) in [5.41, 5.74) is 0.0176. The van der Waals surface area contributed by atoms with E-state index in [-0.39, 0.29) is 11.4 Å². The van der Waals surface area contributed by atoms with E-state index in [4.69, 9.17) is 16.3 Å². The molecule has 0 bridgehead atoms. The minimum Gasteiger partial charge on any atom is -0.381 e. The first kappa shape index (κ1) is 18.6. The summed E-state index contributed by atoms with van der Waals surface area (Å²) in [6.07, 6.45) is 2.40. The third kappa shape index (κ3) is 5.38. The van der Waals surface area contributed by atoms with Crippen LogP contribution in [-0.4, -0.2) is 56.0 Å². The number of benzene rings is 1. The molecule has 1 aromatic rings. The van der Waals surface area contributed by atoms with Crippen LogP contribution < -0.4 is 5.32 Å². The molecule has 1 aliphatic rings. The Morgan fingerprint density at radius 2 is 2.04 bits per heavy atom. The molecule has 1 fully saturated rings. The number of ether oxygens (including phenoxy) is 1. The molecular formula is C17H25ClN2O2S. The number of nitrogens with zero attached hydrogens (tertiary/aromatic N) is 1. The summed E-state index contributed by atoms with van der Waals surface area (Å²) in [7, 11) is 4.15. The van der Waals surface area contributed by atoms with Crippen molar-refractivity contribution in [2.45, 2.75) is 29.7 Å². The van der Waals surface area contributed by atoms with Crippen molar-refractivity contribution in [1.82, 2.24) is 10.2 Å². The van der Waals surface area contributed by atoms with Gasteiger partial charge in [-0.25, -0.2) is 0 Å². The van der Waals surface area contributed by atoms with Crippen LogP contribution in [0, 0.1) is 0 Å². The van der Waals surface area contributed by atoms with E-state index in [1.165, 1.54) is 0 Å². The maximum Gasteiger partial charge on any atom is 0.220 e. The number of nitrogens with one attached hydrogen (secondary N) is 1. The molecular weight excluding hydrogens is 332 g/mol. The lowest BCUT2D eigenvalue weighted by atomic mass is 9.88. The number of thioether (sulfide) groups is 1. The maximum atomic E-state index is 12.1. The lowest BCUT2D eigenvalue weighted by Crippen LogP contribution is -2.55. The van der Waals surface area contributed by atoms with Gasteiger partial charge in [0.15, 0.2) is 0 Å². The van der Waals surface area contributed by atoms with Crippen molar-refractivity contribution in [2.24, 2.45) is 0 Å². The SMILES string of the molecule is CN(C)C1(CNC(=O)CCSc2ccccc2Cl)CCOCC1. The number of hydrogen-bond donors (Lipinski definition) is 1. The number of hydrogen-bond acceptors (Lipinski definition) is 4. The van der Waals surface area contributed by atoms with Gasteiger partial charge in [-0.1, -0.05) is 23.7 Å². The summed E-state index contributed by atoms with van der Waals surface area (Å²) in [6, 6.07) is 7.72. The average Bonchev–Trinajstić information content (AvgIpc) is 2.55. The Hall–Kier alpha value is -0.750. The summed E-state index contributed by atoms with van der Waals surface area (Å²) in [5.74, 6) is 0.824. The van der Waals surface area contributed by atoms with E-state index in [9.17, 15) is 4.79 Å². The molecule has 4 nitrogen and oxygen atoms in total. The molecule has 2 rings (SSSR count). The van der Waals surface area contributed by atoms with Crippen LogP contribution in [0.1, 0.15) is 19.3 Å². The van der Waals surface area contributed by atoms with Gasteiger partial charge >= 0.3 is 0 Å². The smallest absolute Gasteiger partial charge is 0.220 e. The summed E-state index contributed by atoms with van der Waals surface area (Å²) >= 11 is 7.74. The van der Waals surface area contributed by atoms with Crippen LogP contribution in [0.4, 0.5) is 0 Å². The molecule has 23 heavy (non-hydrogen) atoms. The van der Waals surface area contributed by atoms with E-state index < -0.39 is 0 Å². The Balaban J connectivity index is 1.75. The van der Waals surface area contributed by atoms with Gasteiger partial charge in [0.05, 0.1) is 5.02 Å². The predicted octanol–water partition coefficient (Wildman–Crippen LogP) is 3.05. The highest BCUT2D eigenvalue weighted by Crippen LogP contribution is 2.27. The summed E-state index contributed by atoms with van der Waals surface area (Å²) in [4.78, 5) is 15.4. The number of rotatable bonds is 7. The van der Waals surface area contributed by atoms with E-state index in [2.05, 4.69) is 24.3 Å². The Morgan fingerprint density at radius 3 is 2.70 bits per heavy atom. The first-order valence-electron chi connectivity index (χ1n) is 7.93. The molecule has 0 aliphatic carbocycles. The Morgan fingerprint density at radius 1 is 1.35 bits per heavy atom. The Labute approximate surface area is 147 Å². The molecule has 1 heterocycles. The van der Waals surface area contributed by atoms with Crippen molar-refractivity contribution in [3.05, 3.63) is 29.3 Å². The molecule has 1 amide bonds. The fourth-order valence-corrected chi connectivity index (χ4v) is 3.89. The maximum absolute atomic E-state index is 12.1. The van der Waals surface area contributed by atoms with Gasteiger partial charge in [-0.05, 0) is 39.1 Å². The van der Waals surface area contributed by atoms with Crippen molar-refractivity contribution in [2.75, 3.05) is 39.6 Å². The molecule has 6 heteroatoms. The number of carbonyl (C=O) groups is 1. The predicted molar refractivity (Wildman–Crippen MR) is 96.3 cm³/mol. The van der Waals surface area contributed by atoms with Gasteiger partial charge in [0.1, 0.15) is 0 Å². The normalized spacial score (nSPS) is 17.2. The fourth-order valence-electron chi connectivity index (χ4n) is 2.70. The lowest BCUT2D eigenvalue weighted by molar-refractivity contribution is -0.121. The molecule has 1 aliphatic heterocycles. The molecule has 1 aromatic carbocycles. The zero-order chi connectivity index (χ0) is 16.7. The summed E-state index contributed by atoms with van der Waals surface area (Å²) in [6.45, 7) is 2.20. The van der Waals surface area contributed by atoms with E-state index >= 15 is 0 Å². The zero-order valence-corrected chi connectivity index (χ0v) is 15.4. The largest absolute Gasteiger partial charge is 0.381 e. The van der Waals surface area contributed by atoms with Crippen molar-refractivity contribution in [1.29, 1.82) is 0 Å².